The molecule has 0 saturated carbocycles. The molecule has 0 aliphatic heterocycles. The molecule has 20 heavy (non-hydrogen) atoms. The molecule has 0 fully saturated rings. The highest BCUT2D eigenvalue weighted by Crippen LogP contribution is 2.23. The van der Waals surface area contributed by atoms with Gasteiger partial charge < -0.3 is 15.3 Å². The molecular formula is C14H12N4O2. The van der Waals surface area contributed by atoms with Crippen LogP contribution in [0.5, 0.6) is 0 Å². The van der Waals surface area contributed by atoms with E-state index >= 15 is 0 Å². The molecule has 3 aromatic rings. The maximum atomic E-state index is 12.1. The minimum Gasteiger partial charge on any atom is -0.357 e. The fourth-order valence-electron chi connectivity index (χ4n) is 2.05. The van der Waals surface area contributed by atoms with Gasteiger partial charge in [-0.25, -0.2) is 4.98 Å². The molecule has 6 nitrogen and oxygen atoms in total. The van der Waals surface area contributed by atoms with E-state index in [1.54, 1.807) is 0 Å². The van der Waals surface area contributed by atoms with Crippen molar-refractivity contribution in [3.63, 3.8) is 0 Å². The molecular weight excluding hydrogens is 256 g/mol. The van der Waals surface area contributed by atoms with Gasteiger partial charge in [-0.15, -0.1) is 0 Å². The number of carbonyl (C=O) groups excluding carboxylic acids is 1. The van der Waals surface area contributed by atoms with Crippen LogP contribution >= 0.6 is 0 Å². The van der Waals surface area contributed by atoms with Crippen molar-refractivity contribution in [2.45, 2.75) is 6.92 Å². The van der Waals surface area contributed by atoms with Gasteiger partial charge in [-0.3, -0.25) is 9.59 Å². The third-order valence-electron chi connectivity index (χ3n) is 2.94. The highest BCUT2D eigenvalue weighted by Gasteiger charge is 2.10. The van der Waals surface area contributed by atoms with E-state index in [1.807, 2.05) is 31.2 Å². The number of benzene rings is 1. The minimum atomic E-state index is -0.374. The average Bonchev–Trinajstić information content (AvgIpc) is 2.81. The molecule has 2 aromatic heterocycles. The molecule has 0 radical (unpaired) electrons. The van der Waals surface area contributed by atoms with Gasteiger partial charge in [0.05, 0.1) is 17.4 Å². The summed E-state index contributed by atoms with van der Waals surface area (Å²) in [6, 6.07) is 7.64. The number of aromatic nitrogens is 3. The van der Waals surface area contributed by atoms with Crippen LogP contribution in [0.2, 0.25) is 0 Å². The summed E-state index contributed by atoms with van der Waals surface area (Å²) in [5, 5.41) is 3.80. The van der Waals surface area contributed by atoms with Gasteiger partial charge in [-0.1, -0.05) is 12.1 Å². The Morgan fingerprint density at radius 3 is 2.95 bits per heavy atom. The van der Waals surface area contributed by atoms with Crippen molar-refractivity contribution < 1.29 is 4.79 Å². The standard InChI is InChI=1S/C14H12N4O2/c1-8-5-9-3-2-4-10(13(9)17-8)18-14(20)11-6-16-12(19)7-15-11/h2-7,17H,1H3,(H,16,19)(H,18,20). The third-order valence-corrected chi connectivity index (χ3v) is 2.94. The predicted octanol–water partition coefficient (Wildman–Crippen LogP) is 1.81. The summed E-state index contributed by atoms with van der Waals surface area (Å²) in [6.07, 6.45) is 2.37. The number of carbonyl (C=O) groups is 1. The maximum Gasteiger partial charge on any atom is 0.275 e. The molecule has 0 bridgehead atoms. The van der Waals surface area contributed by atoms with Crippen LogP contribution in [0.3, 0.4) is 0 Å². The lowest BCUT2D eigenvalue weighted by Crippen LogP contribution is -2.17. The van der Waals surface area contributed by atoms with Crippen LogP contribution < -0.4 is 10.9 Å². The Morgan fingerprint density at radius 2 is 2.20 bits per heavy atom. The Bertz CT molecular complexity index is 827. The lowest BCUT2D eigenvalue weighted by Gasteiger charge is -2.05. The zero-order chi connectivity index (χ0) is 14.1. The normalized spacial score (nSPS) is 10.7. The summed E-state index contributed by atoms with van der Waals surface area (Å²) in [5.74, 6) is -0.374. The summed E-state index contributed by atoms with van der Waals surface area (Å²) in [5.41, 5.74) is 2.37. The van der Waals surface area contributed by atoms with Gasteiger partial charge in [0.15, 0.2) is 0 Å². The van der Waals surface area contributed by atoms with Gasteiger partial charge in [-0.2, -0.15) is 0 Å². The van der Waals surface area contributed by atoms with Gasteiger partial charge in [0, 0.05) is 17.3 Å². The van der Waals surface area contributed by atoms with E-state index in [-0.39, 0.29) is 17.2 Å². The molecule has 3 N–H and O–H groups in total. The summed E-state index contributed by atoms with van der Waals surface area (Å²) < 4.78 is 0. The second kappa shape index (κ2) is 4.65. The monoisotopic (exact) mass is 268 g/mol. The lowest BCUT2D eigenvalue weighted by atomic mass is 10.2. The van der Waals surface area contributed by atoms with Gasteiger partial charge in [0.25, 0.3) is 11.5 Å². The zero-order valence-electron chi connectivity index (χ0n) is 10.7. The summed E-state index contributed by atoms with van der Waals surface area (Å²) >= 11 is 0. The van der Waals surface area contributed by atoms with Gasteiger partial charge in [0.2, 0.25) is 0 Å². The number of fused-ring (bicyclic) bond motifs is 1. The number of aryl methyl sites for hydroxylation is 1. The topological polar surface area (TPSA) is 90.6 Å². The fraction of sp³-hybridized carbons (Fsp3) is 0.0714. The second-order valence-electron chi connectivity index (χ2n) is 4.47. The van der Waals surface area contributed by atoms with Crippen molar-refractivity contribution >= 4 is 22.5 Å². The van der Waals surface area contributed by atoms with Crippen molar-refractivity contribution in [1.29, 1.82) is 0 Å². The Balaban J connectivity index is 1.94. The summed E-state index contributed by atoms with van der Waals surface area (Å²) in [4.78, 5) is 32.4. The van der Waals surface area contributed by atoms with Gasteiger partial charge in [-0.05, 0) is 19.1 Å². The Morgan fingerprint density at radius 1 is 1.35 bits per heavy atom. The van der Waals surface area contributed by atoms with Crippen molar-refractivity contribution in [1.82, 2.24) is 15.0 Å². The number of H-pyrrole nitrogens is 2. The van der Waals surface area contributed by atoms with Crippen LogP contribution in [0.25, 0.3) is 10.9 Å². The van der Waals surface area contributed by atoms with E-state index < -0.39 is 0 Å². The van der Waals surface area contributed by atoms with E-state index in [0.29, 0.717) is 5.69 Å². The first-order chi connectivity index (χ1) is 9.63. The number of aromatic amines is 2. The van der Waals surface area contributed by atoms with Crippen molar-refractivity contribution in [3.05, 3.63) is 58.4 Å². The highest BCUT2D eigenvalue weighted by atomic mass is 16.2. The van der Waals surface area contributed by atoms with Crippen LogP contribution in [-0.2, 0) is 0 Å². The number of hydrogen-bond acceptors (Lipinski definition) is 3. The molecule has 1 aromatic carbocycles. The van der Waals surface area contributed by atoms with Gasteiger partial charge >= 0.3 is 0 Å². The van der Waals surface area contributed by atoms with Crippen LogP contribution in [0.15, 0.2) is 41.5 Å². The molecule has 0 atom stereocenters. The lowest BCUT2D eigenvalue weighted by molar-refractivity contribution is 0.102. The van der Waals surface area contributed by atoms with Crippen LogP contribution in [0.1, 0.15) is 16.2 Å². The number of hydrogen-bond donors (Lipinski definition) is 3. The Labute approximate surface area is 113 Å². The number of para-hydroxylation sites is 1. The predicted molar refractivity (Wildman–Crippen MR) is 75.8 cm³/mol. The maximum absolute atomic E-state index is 12.1. The molecule has 2 heterocycles. The average molecular weight is 268 g/mol. The number of rotatable bonds is 2. The van der Waals surface area contributed by atoms with E-state index in [4.69, 9.17) is 0 Å². The van der Waals surface area contributed by atoms with Crippen molar-refractivity contribution in [2.75, 3.05) is 5.32 Å². The number of nitrogens with zero attached hydrogens (tertiary/aromatic N) is 1. The Hall–Kier alpha value is -2.89. The smallest absolute Gasteiger partial charge is 0.275 e. The largest absolute Gasteiger partial charge is 0.357 e. The summed E-state index contributed by atoms with van der Waals surface area (Å²) in [6.45, 7) is 1.95. The van der Waals surface area contributed by atoms with E-state index in [0.717, 1.165) is 22.8 Å². The van der Waals surface area contributed by atoms with E-state index in [2.05, 4.69) is 20.3 Å². The molecule has 0 saturated heterocycles. The molecule has 6 heteroatoms. The van der Waals surface area contributed by atoms with Crippen molar-refractivity contribution in [2.24, 2.45) is 0 Å². The van der Waals surface area contributed by atoms with E-state index in [1.165, 1.54) is 6.20 Å². The quantitative estimate of drug-likeness (QED) is 0.662. The second-order valence-corrected chi connectivity index (χ2v) is 4.47. The molecule has 0 unspecified atom stereocenters. The first kappa shape index (κ1) is 12.2. The van der Waals surface area contributed by atoms with Crippen LogP contribution in [-0.4, -0.2) is 20.9 Å². The molecule has 0 aliphatic carbocycles. The molecule has 100 valence electrons. The number of anilines is 1. The third kappa shape index (κ3) is 2.18. The summed E-state index contributed by atoms with van der Waals surface area (Å²) in [7, 11) is 0. The van der Waals surface area contributed by atoms with Gasteiger partial charge in [0.1, 0.15) is 5.69 Å². The molecule has 0 spiro atoms. The first-order valence-corrected chi connectivity index (χ1v) is 6.08. The SMILES string of the molecule is Cc1cc2cccc(NC(=O)c3c[nH]c(=O)cn3)c2[nH]1. The number of nitrogens with one attached hydrogen (secondary N) is 3. The Kier molecular flexibility index (Phi) is 2.83. The molecule has 3 rings (SSSR count). The zero-order valence-corrected chi connectivity index (χ0v) is 10.7. The highest BCUT2D eigenvalue weighted by molar-refractivity contribution is 6.07. The van der Waals surface area contributed by atoms with E-state index in [9.17, 15) is 9.59 Å². The first-order valence-electron chi connectivity index (χ1n) is 6.08. The van der Waals surface area contributed by atoms with Crippen molar-refractivity contribution in [3.8, 4) is 0 Å². The molecule has 0 aliphatic rings. The minimum absolute atomic E-state index is 0.157. The molecule has 1 amide bonds. The fourth-order valence-corrected chi connectivity index (χ4v) is 2.05. The number of amides is 1. The van der Waals surface area contributed by atoms with Crippen LogP contribution in [0.4, 0.5) is 5.69 Å². The van der Waals surface area contributed by atoms with Crippen LogP contribution in [0, 0.1) is 6.92 Å².